The Morgan fingerprint density at radius 3 is 2.89 bits per heavy atom. The number of hydrogen-bond acceptors (Lipinski definition) is 7. The third kappa shape index (κ3) is 4.18. The molecule has 28 heavy (non-hydrogen) atoms. The Balaban J connectivity index is 1.35. The summed E-state index contributed by atoms with van der Waals surface area (Å²) in [5, 5.41) is 4.69. The number of rotatable bonds is 6. The Morgan fingerprint density at radius 1 is 1.29 bits per heavy atom. The van der Waals surface area contributed by atoms with E-state index >= 15 is 0 Å². The number of carbonyl (C=O) groups is 1. The van der Waals surface area contributed by atoms with Gasteiger partial charge in [-0.25, -0.2) is 4.98 Å². The van der Waals surface area contributed by atoms with E-state index in [0.29, 0.717) is 42.0 Å². The summed E-state index contributed by atoms with van der Waals surface area (Å²) in [4.78, 5) is 18.1. The van der Waals surface area contributed by atoms with Crippen molar-refractivity contribution in [3.63, 3.8) is 0 Å². The highest BCUT2D eigenvalue weighted by molar-refractivity contribution is 7.99. The normalized spacial score (nSPS) is 13.9. The SMILES string of the molecule is Cc1oc(-c2cccs2)nc1CSC(C)C(=O)Nc1ccc2c(c1)OCCO2. The lowest BCUT2D eigenvalue weighted by molar-refractivity contribution is -0.115. The zero-order valence-corrected chi connectivity index (χ0v) is 17.2. The Hall–Kier alpha value is -2.45. The molecule has 0 radical (unpaired) electrons. The fraction of sp³-hybridized carbons (Fsp3) is 0.300. The molecule has 1 N–H and O–H groups in total. The molecule has 1 amide bonds. The van der Waals surface area contributed by atoms with Crippen LogP contribution in [0.3, 0.4) is 0 Å². The minimum atomic E-state index is -0.241. The number of amides is 1. The number of oxazole rings is 1. The van der Waals surface area contributed by atoms with Gasteiger partial charge in [-0.1, -0.05) is 6.07 Å². The fourth-order valence-electron chi connectivity index (χ4n) is 2.71. The number of ether oxygens (including phenoxy) is 2. The van der Waals surface area contributed by atoms with Gasteiger partial charge in [-0.05, 0) is 37.4 Å². The van der Waals surface area contributed by atoms with Crippen molar-refractivity contribution in [2.45, 2.75) is 24.9 Å². The van der Waals surface area contributed by atoms with E-state index in [1.165, 1.54) is 11.8 Å². The van der Waals surface area contributed by atoms with Crippen LogP contribution >= 0.6 is 23.1 Å². The minimum absolute atomic E-state index is 0.0682. The number of nitrogens with zero attached hydrogens (tertiary/aromatic N) is 1. The highest BCUT2D eigenvalue weighted by Gasteiger charge is 2.19. The van der Waals surface area contributed by atoms with E-state index in [0.717, 1.165) is 16.3 Å². The molecule has 0 bridgehead atoms. The molecule has 1 unspecified atom stereocenters. The number of carbonyl (C=O) groups excluding carboxylic acids is 1. The predicted molar refractivity (Wildman–Crippen MR) is 111 cm³/mol. The Bertz CT molecular complexity index is 969. The van der Waals surface area contributed by atoms with Crippen LogP contribution in [-0.2, 0) is 10.5 Å². The molecule has 1 aliphatic rings. The maximum Gasteiger partial charge on any atom is 0.237 e. The van der Waals surface area contributed by atoms with Gasteiger partial charge < -0.3 is 19.2 Å². The quantitative estimate of drug-likeness (QED) is 0.625. The van der Waals surface area contributed by atoms with Crippen molar-refractivity contribution in [2.24, 2.45) is 0 Å². The summed E-state index contributed by atoms with van der Waals surface area (Å²) in [7, 11) is 0. The largest absolute Gasteiger partial charge is 0.486 e. The van der Waals surface area contributed by atoms with E-state index in [-0.39, 0.29) is 11.2 Å². The van der Waals surface area contributed by atoms with E-state index in [1.54, 1.807) is 17.4 Å². The van der Waals surface area contributed by atoms with Gasteiger partial charge in [0.1, 0.15) is 19.0 Å². The van der Waals surface area contributed by atoms with Crippen molar-refractivity contribution < 1.29 is 18.7 Å². The van der Waals surface area contributed by atoms with Crippen LogP contribution in [0.2, 0.25) is 0 Å². The zero-order valence-electron chi connectivity index (χ0n) is 15.6. The van der Waals surface area contributed by atoms with E-state index in [9.17, 15) is 4.79 Å². The second kappa shape index (κ2) is 8.28. The van der Waals surface area contributed by atoms with Gasteiger partial charge in [-0.3, -0.25) is 4.79 Å². The molecular formula is C20H20N2O4S2. The number of fused-ring (bicyclic) bond motifs is 1. The van der Waals surface area contributed by atoms with Gasteiger partial charge in [0.05, 0.1) is 15.8 Å². The molecule has 2 aromatic heterocycles. The number of hydrogen-bond donors (Lipinski definition) is 1. The van der Waals surface area contributed by atoms with E-state index < -0.39 is 0 Å². The molecule has 6 nitrogen and oxygen atoms in total. The Labute approximate surface area is 171 Å². The molecule has 1 atom stereocenters. The van der Waals surface area contributed by atoms with Gasteiger partial charge in [0.15, 0.2) is 11.5 Å². The lowest BCUT2D eigenvalue weighted by Crippen LogP contribution is -2.23. The van der Waals surface area contributed by atoms with Gasteiger partial charge in [-0.2, -0.15) is 0 Å². The molecule has 4 rings (SSSR count). The maximum atomic E-state index is 12.5. The molecule has 3 aromatic rings. The van der Waals surface area contributed by atoms with E-state index in [2.05, 4.69) is 10.3 Å². The topological polar surface area (TPSA) is 73.6 Å². The first-order valence-electron chi connectivity index (χ1n) is 8.92. The smallest absolute Gasteiger partial charge is 0.237 e. The molecule has 1 aliphatic heterocycles. The monoisotopic (exact) mass is 416 g/mol. The second-order valence-corrected chi connectivity index (χ2v) is 8.58. The molecule has 146 valence electrons. The van der Waals surface area contributed by atoms with Crippen molar-refractivity contribution in [3.8, 4) is 22.3 Å². The van der Waals surface area contributed by atoms with Gasteiger partial charge in [0, 0.05) is 17.5 Å². The highest BCUT2D eigenvalue weighted by atomic mass is 32.2. The van der Waals surface area contributed by atoms with Gasteiger partial charge >= 0.3 is 0 Å². The van der Waals surface area contributed by atoms with Crippen molar-refractivity contribution in [2.75, 3.05) is 18.5 Å². The fourth-order valence-corrected chi connectivity index (χ4v) is 4.25. The lowest BCUT2D eigenvalue weighted by Gasteiger charge is -2.19. The van der Waals surface area contributed by atoms with Crippen molar-refractivity contribution >= 4 is 34.7 Å². The van der Waals surface area contributed by atoms with Crippen LogP contribution in [0.4, 0.5) is 5.69 Å². The van der Waals surface area contributed by atoms with Crippen molar-refractivity contribution in [3.05, 3.63) is 47.2 Å². The lowest BCUT2D eigenvalue weighted by atomic mass is 10.2. The molecule has 1 aromatic carbocycles. The number of aromatic nitrogens is 1. The first-order chi connectivity index (χ1) is 13.6. The van der Waals surface area contributed by atoms with Crippen LogP contribution in [-0.4, -0.2) is 29.4 Å². The molecule has 3 heterocycles. The summed E-state index contributed by atoms with van der Waals surface area (Å²) in [5.74, 6) is 3.32. The van der Waals surface area contributed by atoms with Crippen LogP contribution in [0, 0.1) is 6.92 Å². The van der Waals surface area contributed by atoms with Gasteiger partial charge in [-0.15, -0.1) is 23.1 Å². The first kappa shape index (κ1) is 18.9. The van der Waals surface area contributed by atoms with Crippen LogP contribution in [0.25, 0.3) is 10.8 Å². The number of aryl methyl sites for hydroxylation is 1. The summed E-state index contributed by atoms with van der Waals surface area (Å²) in [6.07, 6.45) is 0. The van der Waals surface area contributed by atoms with E-state index in [4.69, 9.17) is 13.9 Å². The third-order valence-electron chi connectivity index (χ3n) is 4.27. The third-order valence-corrected chi connectivity index (χ3v) is 6.29. The molecule has 0 fully saturated rings. The van der Waals surface area contributed by atoms with Crippen LogP contribution in [0.15, 0.2) is 40.1 Å². The van der Waals surface area contributed by atoms with Crippen molar-refractivity contribution in [1.29, 1.82) is 0 Å². The number of thioether (sulfide) groups is 1. The molecule has 8 heteroatoms. The molecule has 0 saturated carbocycles. The first-order valence-corrected chi connectivity index (χ1v) is 10.9. The molecule has 0 spiro atoms. The average molecular weight is 417 g/mol. The zero-order chi connectivity index (χ0) is 19.5. The standard InChI is InChI=1S/C20H20N2O4S2/c1-12-15(22-20(26-12)18-4-3-9-27-18)11-28-13(2)19(23)21-14-5-6-16-17(10-14)25-8-7-24-16/h3-6,9-10,13H,7-8,11H2,1-2H3,(H,21,23). The van der Waals surface area contributed by atoms with Gasteiger partial charge in [0.2, 0.25) is 11.8 Å². The van der Waals surface area contributed by atoms with Crippen LogP contribution < -0.4 is 14.8 Å². The average Bonchev–Trinajstić information content (AvgIpc) is 3.36. The number of anilines is 1. The number of benzene rings is 1. The Morgan fingerprint density at radius 2 is 2.11 bits per heavy atom. The molecular weight excluding hydrogens is 396 g/mol. The predicted octanol–water partition coefficient (Wildman–Crippen LogP) is 4.74. The summed E-state index contributed by atoms with van der Waals surface area (Å²) in [5.41, 5.74) is 1.56. The summed E-state index contributed by atoms with van der Waals surface area (Å²) >= 11 is 3.12. The van der Waals surface area contributed by atoms with Crippen LogP contribution in [0.1, 0.15) is 18.4 Å². The van der Waals surface area contributed by atoms with Crippen molar-refractivity contribution in [1.82, 2.24) is 4.98 Å². The Kier molecular flexibility index (Phi) is 5.59. The van der Waals surface area contributed by atoms with Crippen LogP contribution in [0.5, 0.6) is 11.5 Å². The highest BCUT2D eigenvalue weighted by Crippen LogP contribution is 2.33. The maximum absolute atomic E-state index is 12.5. The second-order valence-electron chi connectivity index (χ2n) is 6.30. The summed E-state index contributed by atoms with van der Waals surface area (Å²) in [6.45, 7) is 4.84. The number of thiophene rings is 1. The molecule has 0 saturated heterocycles. The summed E-state index contributed by atoms with van der Waals surface area (Å²) in [6, 6.07) is 9.37. The van der Waals surface area contributed by atoms with Gasteiger partial charge in [0.25, 0.3) is 0 Å². The summed E-state index contributed by atoms with van der Waals surface area (Å²) < 4.78 is 16.8. The molecule has 0 aliphatic carbocycles. The van der Waals surface area contributed by atoms with E-state index in [1.807, 2.05) is 43.5 Å². The number of nitrogens with one attached hydrogen (secondary N) is 1. The minimum Gasteiger partial charge on any atom is -0.486 e.